The second kappa shape index (κ2) is 63.0. The molecule has 592 valence electrons. The van der Waals surface area contributed by atoms with E-state index in [1.165, 1.54) is 186 Å². The molecule has 0 radical (unpaired) electrons. The number of carbonyl (C=O) groups is 1. The van der Waals surface area contributed by atoms with E-state index in [1.807, 2.05) is 6.08 Å². The van der Waals surface area contributed by atoms with Gasteiger partial charge in [-0.05, 0) is 77.0 Å². The van der Waals surface area contributed by atoms with Crippen LogP contribution in [0.15, 0.2) is 85.1 Å². The zero-order chi connectivity index (χ0) is 73.9. The highest BCUT2D eigenvalue weighted by Gasteiger charge is 2.54. The molecular weight excluding hydrogens is 1300 g/mol. The highest BCUT2D eigenvalue weighted by molar-refractivity contribution is 5.76. The first-order chi connectivity index (χ1) is 49.8. The second-order valence-electron chi connectivity index (χ2n) is 28.8. The monoisotopic (exact) mass is 1450 g/mol. The summed E-state index contributed by atoms with van der Waals surface area (Å²) in [5, 5.41) is 121. The van der Waals surface area contributed by atoms with E-state index in [9.17, 15) is 61.0 Å². The number of unbranched alkanes of at least 4 members (excludes halogenated alkanes) is 36. The number of allylic oxidation sites excluding steroid dienone is 13. The topological polar surface area (TPSA) is 307 Å². The van der Waals surface area contributed by atoms with Gasteiger partial charge in [0.25, 0.3) is 0 Å². The molecule has 3 aliphatic heterocycles. The summed E-state index contributed by atoms with van der Waals surface area (Å²) >= 11 is 0. The first kappa shape index (κ1) is 93.2. The lowest BCUT2D eigenvalue weighted by Gasteiger charge is -2.48. The van der Waals surface area contributed by atoms with Gasteiger partial charge in [0, 0.05) is 6.42 Å². The Kier molecular flexibility index (Phi) is 57.5. The van der Waals surface area contributed by atoms with Crippen molar-refractivity contribution >= 4 is 5.91 Å². The number of aliphatic hydroxyl groups is 11. The molecule has 1 amide bonds. The van der Waals surface area contributed by atoms with Crippen molar-refractivity contribution < 1.29 is 89.4 Å². The van der Waals surface area contributed by atoms with Crippen molar-refractivity contribution in [2.75, 3.05) is 26.4 Å². The fourth-order valence-electron chi connectivity index (χ4n) is 13.4. The van der Waals surface area contributed by atoms with Gasteiger partial charge in [0.15, 0.2) is 18.9 Å². The number of ether oxygens (including phenoxy) is 6. The third-order valence-corrected chi connectivity index (χ3v) is 19.9. The fourth-order valence-corrected chi connectivity index (χ4v) is 13.4. The van der Waals surface area contributed by atoms with Crippen LogP contribution in [0, 0.1) is 0 Å². The Hall–Kier alpha value is -3.03. The van der Waals surface area contributed by atoms with Crippen molar-refractivity contribution in [3.05, 3.63) is 85.1 Å². The summed E-state index contributed by atoms with van der Waals surface area (Å²) in [6.45, 7) is 1.63. The fraction of sp³-hybridized carbons (Fsp3) is 0.819. The Balaban J connectivity index is 1.39. The number of hydrogen-bond acceptors (Lipinski definition) is 18. The lowest BCUT2D eigenvalue weighted by atomic mass is 9.96. The average molecular weight is 1450 g/mol. The number of carbonyl (C=O) groups excluding carboxylic acids is 1. The maximum atomic E-state index is 13.5. The van der Waals surface area contributed by atoms with E-state index in [-0.39, 0.29) is 18.9 Å². The molecule has 17 atom stereocenters. The Morgan fingerprint density at radius 2 is 0.686 bits per heavy atom. The molecular formula is C83H147NO18. The standard InChI is InChI=1S/C83H147NO18/c1-3-5-7-9-11-13-15-17-19-21-23-25-27-29-31-33-35-37-39-41-43-45-47-49-51-53-55-57-59-61-71(89)84-66(67(88)60-58-56-54-52-50-48-46-44-42-40-38-36-34-32-30-28-26-24-22-20-18-16-14-12-10-8-6-4-2)65-97-81-77(95)74(92)79(69(63-86)99-81)102-83-78(96)75(93)80(70(64-87)100-83)101-82-76(94)73(91)72(90)68(62-85)98-82/h5,7,11,13,17,19,23,25,29,31,50,52,58,60,66-70,72-83,85-88,90-96H,3-4,6,8-10,12,14-16,18,20-22,24,26-28,30,32-49,51,53-57,59,61-65H2,1-2H3,(H,84,89)/b7-5-,13-11-,19-17-,25-23-,31-29-,52-50+,60-58+. The highest BCUT2D eigenvalue weighted by atomic mass is 16.8. The molecule has 17 unspecified atom stereocenters. The molecule has 0 saturated carbocycles. The predicted octanol–water partition coefficient (Wildman–Crippen LogP) is 13.8. The van der Waals surface area contributed by atoms with Gasteiger partial charge >= 0.3 is 0 Å². The first-order valence-electron chi connectivity index (χ1n) is 40.8. The van der Waals surface area contributed by atoms with Gasteiger partial charge < -0.3 is 89.9 Å². The minimum atomic E-state index is -1.98. The molecule has 102 heavy (non-hydrogen) atoms. The van der Waals surface area contributed by atoms with Gasteiger partial charge in [0.05, 0.1) is 38.6 Å². The number of aliphatic hydroxyl groups excluding tert-OH is 11. The van der Waals surface area contributed by atoms with E-state index >= 15 is 0 Å². The van der Waals surface area contributed by atoms with E-state index < -0.39 is 124 Å². The van der Waals surface area contributed by atoms with Gasteiger partial charge in [-0.3, -0.25) is 4.79 Å². The van der Waals surface area contributed by atoms with Crippen molar-refractivity contribution in [2.45, 2.75) is 407 Å². The molecule has 3 aliphatic rings. The molecule has 12 N–H and O–H groups in total. The Bertz CT molecular complexity index is 2170. The van der Waals surface area contributed by atoms with E-state index in [2.05, 4.69) is 92.1 Å². The number of nitrogens with one attached hydrogen (secondary N) is 1. The van der Waals surface area contributed by atoms with Crippen LogP contribution in [0.2, 0.25) is 0 Å². The molecule has 0 aromatic carbocycles. The highest BCUT2D eigenvalue weighted by Crippen LogP contribution is 2.33. The molecule has 0 aromatic rings. The van der Waals surface area contributed by atoms with Crippen molar-refractivity contribution in [2.24, 2.45) is 0 Å². The summed E-state index contributed by atoms with van der Waals surface area (Å²) in [4.78, 5) is 13.5. The third kappa shape index (κ3) is 42.5. The summed E-state index contributed by atoms with van der Waals surface area (Å²) in [5.74, 6) is -0.286. The van der Waals surface area contributed by atoms with E-state index in [0.717, 1.165) is 83.5 Å². The molecule has 3 heterocycles. The number of hydrogen-bond donors (Lipinski definition) is 12. The Labute approximate surface area is 616 Å². The zero-order valence-corrected chi connectivity index (χ0v) is 63.3. The van der Waals surface area contributed by atoms with Gasteiger partial charge in [-0.2, -0.15) is 0 Å². The van der Waals surface area contributed by atoms with Gasteiger partial charge in [0.1, 0.15) is 73.2 Å². The van der Waals surface area contributed by atoms with Crippen LogP contribution >= 0.6 is 0 Å². The molecule has 19 heteroatoms. The number of amides is 1. The maximum Gasteiger partial charge on any atom is 0.220 e. The molecule has 3 saturated heterocycles. The van der Waals surface area contributed by atoms with Crippen LogP contribution in [0.25, 0.3) is 0 Å². The predicted molar refractivity (Wildman–Crippen MR) is 406 cm³/mol. The lowest BCUT2D eigenvalue weighted by Crippen LogP contribution is -2.66. The summed E-state index contributed by atoms with van der Waals surface area (Å²) in [6, 6.07) is -0.997. The second-order valence-corrected chi connectivity index (χ2v) is 28.8. The largest absolute Gasteiger partial charge is 0.394 e. The number of rotatable bonds is 64. The molecule has 3 rings (SSSR count). The van der Waals surface area contributed by atoms with Gasteiger partial charge in [-0.1, -0.05) is 304 Å². The average Bonchev–Trinajstić information content (AvgIpc) is 0.766. The van der Waals surface area contributed by atoms with Crippen LogP contribution in [0.5, 0.6) is 0 Å². The summed E-state index contributed by atoms with van der Waals surface area (Å²) in [5.41, 5.74) is 0. The zero-order valence-electron chi connectivity index (χ0n) is 63.3. The van der Waals surface area contributed by atoms with E-state index in [4.69, 9.17) is 28.4 Å². The minimum absolute atomic E-state index is 0.230. The molecule has 0 bridgehead atoms. The first-order valence-corrected chi connectivity index (χ1v) is 40.8. The summed E-state index contributed by atoms with van der Waals surface area (Å²) < 4.78 is 34.4. The minimum Gasteiger partial charge on any atom is -0.394 e. The molecule has 0 aliphatic carbocycles. The Morgan fingerprint density at radius 3 is 1.10 bits per heavy atom. The quantitative estimate of drug-likeness (QED) is 0.0199. The van der Waals surface area contributed by atoms with Crippen LogP contribution in [0.1, 0.15) is 303 Å². The van der Waals surface area contributed by atoms with Crippen LogP contribution in [0.4, 0.5) is 0 Å². The summed E-state index contributed by atoms with van der Waals surface area (Å²) in [6.07, 6.45) is 57.1. The SMILES string of the molecule is CC/C=C\C/C=C\C/C=C\C/C=C\C/C=C\CCCCCCCCCCCCCCCC(=O)NC(COC1OC(CO)C(OC2OC(CO)C(OC3OC(CO)C(O)C(O)C3O)C(O)C2O)C(O)C1O)C(O)/C=C/CC/C=C/CCCCCCCCCCCCCCCCCCCCCCCC. The van der Waals surface area contributed by atoms with Crippen molar-refractivity contribution in [1.29, 1.82) is 0 Å². The molecule has 19 nitrogen and oxygen atoms in total. The van der Waals surface area contributed by atoms with Crippen molar-refractivity contribution in [3.8, 4) is 0 Å². The van der Waals surface area contributed by atoms with E-state index in [0.29, 0.717) is 12.8 Å². The van der Waals surface area contributed by atoms with Gasteiger partial charge in [0.2, 0.25) is 5.91 Å². The van der Waals surface area contributed by atoms with Crippen molar-refractivity contribution in [1.82, 2.24) is 5.32 Å². The summed E-state index contributed by atoms with van der Waals surface area (Å²) in [7, 11) is 0. The molecule has 3 fully saturated rings. The van der Waals surface area contributed by atoms with Crippen LogP contribution in [0.3, 0.4) is 0 Å². The van der Waals surface area contributed by atoms with E-state index in [1.54, 1.807) is 6.08 Å². The third-order valence-electron chi connectivity index (χ3n) is 19.9. The normalized spacial score (nSPS) is 26.6. The molecule has 0 spiro atoms. The Morgan fingerprint density at radius 1 is 0.363 bits per heavy atom. The van der Waals surface area contributed by atoms with Crippen LogP contribution < -0.4 is 5.32 Å². The van der Waals surface area contributed by atoms with Crippen LogP contribution in [-0.2, 0) is 33.2 Å². The lowest BCUT2D eigenvalue weighted by molar-refractivity contribution is -0.379. The van der Waals surface area contributed by atoms with Gasteiger partial charge in [-0.15, -0.1) is 0 Å². The smallest absolute Gasteiger partial charge is 0.220 e. The van der Waals surface area contributed by atoms with Gasteiger partial charge in [-0.25, -0.2) is 0 Å². The molecule has 0 aromatic heterocycles. The van der Waals surface area contributed by atoms with Crippen molar-refractivity contribution in [3.63, 3.8) is 0 Å². The maximum absolute atomic E-state index is 13.5. The van der Waals surface area contributed by atoms with Crippen LogP contribution in [-0.4, -0.2) is 193 Å².